The van der Waals surface area contributed by atoms with Crippen LogP contribution in [-0.4, -0.2) is 43.5 Å². The topological polar surface area (TPSA) is 111 Å². The number of rotatable bonds is 7. The molecule has 0 unspecified atom stereocenters. The highest BCUT2D eigenvalue weighted by molar-refractivity contribution is 9.10. The first kappa shape index (κ1) is 17.1. The molecule has 9 heteroatoms. The van der Waals surface area contributed by atoms with Gasteiger partial charge in [-0.3, -0.25) is 19.7 Å². The predicted molar refractivity (Wildman–Crippen MR) is 78.0 cm³/mol. The van der Waals surface area contributed by atoms with Crippen LogP contribution < -0.4 is 10.6 Å². The minimum atomic E-state index is -0.599. The molecule has 0 fully saturated rings. The minimum absolute atomic E-state index is 0.106. The number of nitrogens with one attached hydrogen (secondary N) is 2. The molecule has 0 aliphatic heterocycles. The number of ether oxygens (including phenoxy) is 1. The highest BCUT2D eigenvalue weighted by atomic mass is 79.9. The summed E-state index contributed by atoms with van der Waals surface area (Å²) >= 11 is 3.03. The Kier molecular flexibility index (Phi) is 6.76. The average Bonchev–Trinajstić information content (AvgIpc) is 2.45. The molecule has 1 aromatic rings. The highest BCUT2D eigenvalue weighted by Crippen LogP contribution is 2.25. The molecular formula is C12H14BrN3O5. The second kappa shape index (κ2) is 8.32. The van der Waals surface area contributed by atoms with Crippen molar-refractivity contribution in [3.8, 4) is 0 Å². The molecular weight excluding hydrogens is 346 g/mol. The monoisotopic (exact) mass is 359 g/mol. The van der Waals surface area contributed by atoms with Crippen molar-refractivity contribution < 1.29 is 19.2 Å². The van der Waals surface area contributed by atoms with Gasteiger partial charge in [0, 0.05) is 25.3 Å². The lowest BCUT2D eigenvalue weighted by molar-refractivity contribution is -0.385. The summed E-state index contributed by atoms with van der Waals surface area (Å²) in [6.45, 7) is 0.500. The molecule has 0 saturated carbocycles. The van der Waals surface area contributed by atoms with E-state index in [0.29, 0.717) is 13.2 Å². The number of hydrogen-bond donors (Lipinski definition) is 2. The number of nitro groups is 1. The number of amides is 2. The van der Waals surface area contributed by atoms with E-state index in [1.165, 1.54) is 19.2 Å². The first-order valence-corrected chi connectivity index (χ1v) is 6.72. The van der Waals surface area contributed by atoms with Crippen LogP contribution in [0.2, 0.25) is 0 Å². The molecule has 2 N–H and O–H groups in total. The number of nitro benzene ring substituents is 1. The van der Waals surface area contributed by atoms with Gasteiger partial charge in [-0.15, -0.1) is 0 Å². The zero-order valence-corrected chi connectivity index (χ0v) is 12.8. The van der Waals surface area contributed by atoms with E-state index in [4.69, 9.17) is 4.74 Å². The summed E-state index contributed by atoms with van der Waals surface area (Å²) in [5.74, 6) is -0.931. The molecule has 2 amide bonds. The van der Waals surface area contributed by atoms with Crippen LogP contribution in [0.3, 0.4) is 0 Å². The molecule has 0 bridgehead atoms. The van der Waals surface area contributed by atoms with Crippen molar-refractivity contribution in [1.29, 1.82) is 0 Å². The lowest BCUT2D eigenvalue weighted by Crippen LogP contribution is -2.38. The van der Waals surface area contributed by atoms with E-state index in [9.17, 15) is 19.7 Å². The Balaban J connectivity index is 2.58. The van der Waals surface area contributed by atoms with E-state index in [0.717, 1.165) is 6.07 Å². The molecule has 0 atom stereocenters. The predicted octanol–water partition coefficient (Wildman–Crippen LogP) is 0.850. The molecule has 1 rings (SSSR count). The second-order valence-corrected chi connectivity index (χ2v) is 4.80. The third-order valence-electron chi connectivity index (χ3n) is 2.44. The van der Waals surface area contributed by atoms with E-state index in [1.807, 2.05) is 0 Å². The Morgan fingerprint density at radius 2 is 2.10 bits per heavy atom. The largest absolute Gasteiger partial charge is 0.383 e. The maximum Gasteiger partial charge on any atom is 0.284 e. The van der Waals surface area contributed by atoms with E-state index >= 15 is 0 Å². The van der Waals surface area contributed by atoms with Gasteiger partial charge < -0.3 is 15.4 Å². The molecule has 0 radical (unpaired) electrons. The SMILES string of the molecule is COCCNC(=O)CNC(=O)c1ccc(Br)c([N+](=O)[O-])c1. The van der Waals surface area contributed by atoms with Gasteiger partial charge in [-0.05, 0) is 28.1 Å². The molecule has 0 heterocycles. The van der Waals surface area contributed by atoms with Crippen molar-refractivity contribution >= 4 is 33.4 Å². The molecule has 0 aliphatic carbocycles. The fraction of sp³-hybridized carbons (Fsp3) is 0.333. The first-order valence-electron chi connectivity index (χ1n) is 5.93. The summed E-state index contributed by atoms with van der Waals surface area (Å²) in [7, 11) is 1.51. The van der Waals surface area contributed by atoms with Crippen LogP contribution in [0, 0.1) is 10.1 Å². The van der Waals surface area contributed by atoms with Crippen LogP contribution in [0.25, 0.3) is 0 Å². The fourth-order valence-corrected chi connectivity index (χ4v) is 1.80. The van der Waals surface area contributed by atoms with E-state index in [-0.39, 0.29) is 28.2 Å². The third-order valence-corrected chi connectivity index (χ3v) is 3.11. The van der Waals surface area contributed by atoms with E-state index in [1.54, 1.807) is 0 Å². The maximum absolute atomic E-state index is 11.8. The Morgan fingerprint density at radius 1 is 1.38 bits per heavy atom. The summed E-state index contributed by atoms with van der Waals surface area (Å²) < 4.78 is 5.04. The van der Waals surface area contributed by atoms with Gasteiger partial charge in [0.25, 0.3) is 11.6 Å². The Labute approximate surface area is 129 Å². The zero-order valence-electron chi connectivity index (χ0n) is 11.2. The van der Waals surface area contributed by atoms with Crippen molar-refractivity contribution in [2.45, 2.75) is 0 Å². The average molecular weight is 360 g/mol. The number of nitrogens with zero attached hydrogens (tertiary/aromatic N) is 1. The first-order chi connectivity index (χ1) is 9.95. The molecule has 0 aliphatic rings. The summed E-state index contributed by atoms with van der Waals surface area (Å²) in [6, 6.07) is 3.98. The molecule has 114 valence electrons. The maximum atomic E-state index is 11.8. The van der Waals surface area contributed by atoms with Crippen molar-refractivity contribution in [2.75, 3.05) is 26.8 Å². The zero-order chi connectivity index (χ0) is 15.8. The minimum Gasteiger partial charge on any atom is -0.383 e. The molecule has 0 spiro atoms. The van der Waals surface area contributed by atoms with Crippen molar-refractivity contribution in [2.24, 2.45) is 0 Å². The summed E-state index contributed by atoms with van der Waals surface area (Å²) in [4.78, 5) is 33.4. The van der Waals surface area contributed by atoms with Gasteiger partial charge in [-0.25, -0.2) is 0 Å². The molecule has 1 aromatic carbocycles. The van der Waals surface area contributed by atoms with Gasteiger partial charge in [-0.2, -0.15) is 0 Å². The Bertz CT molecular complexity index is 550. The van der Waals surface area contributed by atoms with E-state index in [2.05, 4.69) is 26.6 Å². The summed E-state index contributed by atoms with van der Waals surface area (Å²) in [5, 5.41) is 15.7. The number of benzene rings is 1. The van der Waals surface area contributed by atoms with Gasteiger partial charge in [-0.1, -0.05) is 0 Å². The molecule has 8 nitrogen and oxygen atoms in total. The van der Waals surface area contributed by atoms with Crippen molar-refractivity contribution in [3.63, 3.8) is 0 Å². The smallest absolute Gasteiger partial charge is 0.284 e. The number of carbonyl (C=O) groups excluding carboxylic acids is 2. The standard InChI is InChI=1S/C12H14BrN3O5/c1-21-5-4-14-11(17)7-15-12(18)8-2-3-9(13)10(6-8)16(19)20/h2-3,6H,4-5,7H2,1H3,(H,14,17)(H,15,18). The molecule has 0 aromatic heterocycles. The number of halogens is 1. The van der Waals surface area contributed by atoms with Crippen LogP contribution in [-0.2, 0) is 9.53 Å². The van der Waals surface area contributed by atoms with Crippen LogP contribution >= 0.6 is 15.9 Å². The van der Waals surface area contributed by atoms with Crippen LogP contribution in [0.5, 0.6) is 0 Å². The summed E-state index contributed by atoms with van der Waals surface area (Å²) in [5.41, 5.74) is -0.109. The second-order valence-electron chi connectivity index (χ2n) is 3.95. The fourth-order valence-electron chi connectivity index (χ4n) is 1.41. The van der Waals surface area contributed by atoms with Gasteiger partial charge in [0.1, 0.15) is 0 Å². The van der Waals surface area contributed by atoms with Crippen LogP contribution in [0.15, 0.2) is 22.7 Å². The van der Waals surface area contributed by atoms with Crippen molar-refractivity contribution in [1.82, 2.24) is 10.6 Å². The van der Waals surface area contributed by atoms with Gasteiger partial charge in [0.05, 0.1) is 22.5 Å². The lowest BCUT2D eigenvalue weighted by atomic mass is 10.2. The van der Waals surface area contributed by atoms with Crippen LogP contribution in [0.1, 0.15) is 10.4 Å². The van der Waals surface area contributed by atoms with E-state index < -0.39 is 10.8 Å². The Hall–Kier alpha value is -2.00. The number of hydrogen-bond acceptors (Lipinski definition) is 5. The lowest BCUT2D eigenvalue weighted by Gasteiger charge is -2.07. The van der Waals surface area contributed by atoms with Crippen molar-refractivity contribution in [3.05, 3.63) is 38.3 Å². The third kappa shape index (κ3) is 5.48. The number of carbonyl (C=O) groups is 2. The normalized spacial score (nSPS) is 10.0. The molecule has 21 heavy (non-hydrogen) atoms. The number of methoxy groups -OCH3 is 1. The van der Waals surface area contributed by atoms with Gasteiger partial charge in [0.15, 0.2) is 0 Å². The van der Waals surface area contributed by atoms with Gasteiger partial charge in [0.2, 0.25) is 5.91 Å². The highest BCUT2D eigenvalue weighted by Gasteiger charge is 2.16. The summed E-state index contributed by atoms with van der Waals surface area (Å²) in [6.07, 6.45) is 0. The molecule has 0 saturated heterocycles. The Morgan fingerprint density at radius 3 is 2.71 bits per heavy atom. The van der Waals surface area contributed by atoms with Gasteiger partial charge >= 0.3 is 0 Å². The quantitative estimate of drug-likeness (QED) is 0.426. The van der Waals surface area contributed by atoms with Crippen LogP contribution in [0.4, 0.5) is 5.69 Å².